The van der Waals surface area contributed by atoms with E-state index in [1.807, 2.05) is 0 Å². The molecule has 0 unspecified atom stereocenters. The van der Waals surface area contributed by atoms with Gasteiger partial charge in [-0.2, -0.15) is 0 Å². The van der Waals surface area contributed by atoms with E-state index in [1.165, 1.54) is 25.2 Å². The van der Waals surface area contributed by atoms with Crippen LogP contribution in [-0.2, 0) is 9.59 Å². The number of hydrogen-bond acceptors (Lipinski definition) is 3. The van der Waals surface area contributed by atoms with Crippen molar-refractivity contribution in [2.24, 2.45) is 5.41 Å². The molecule has 1 aliphatic rings. The predicted octanol–water partition coefficient (Wildman–Crippen LogP) is 1.50. The van der Waals surface area contributed by atoms with E-state index >= 15 is 0 Å². The summed E-state index contributed by atoms with van der Waals surface area (Å²) in [5, 5.41) is 14.2. The van der Waals surface area contributed by atoms with E-state index in [4.69, 9.17) is 16.7 Å². The lowest BCUT2D eigenvalue weighted by Crippen LogP contribution is -2.31. The van der Waals surface area contributed by atoms with Crippen molar-refractivity contribution in [1.29, 1.82) is 0 Å². The fourth-order valence-corrected chi connectivity index (χ4v) is 2.09. The van der Waals surface area contributed by atoms with Gasteiger partial charge in [-0.25, -0.2) is 0 Å². The normalized spacial score (nSPS) is 15.3. The molecule has 6 nitrogen and oxygen atoms in total. The van der Waals surface area contributed by atoms with Gasteiger partial charge in [0.1, 0.15) is 5.41 Å². The minimum absolute atomic E-state index is 0.183. The highest BCUT2D eigenvalue weighted by Gasteiger charge is 2.57. The predicted molar refractivity (Wildman–Crippen MR) is 72.8 cm³/mol. The number of carboxylic acids is 1. The second kappa shape index (κ2) is 5.13. The summed E-state index contributed by atoms with van der Waals surface area (Å²) in [5.74, 6) is -2.02. The van der Waals surface area contributed by atoms with Crippen molar-refractivity contribution in [3.05, 3.63) is 28.8 Å². The van der Waals surface area contributed by atoms with Crippen molar-refractivity contribution >= 4 is 35.1 Å². The van der Waals surface area contributed by atoms with Gasteiger partial charge in [0.2, 0.25) is 5.91 Å². The quantitative estimate of drug-likeness (QED) is 0.734. The van der Waals surface area contributed by atoms with Gasteiger partial charge in [-0.15, -0.1) is 0 Å². The molecule has 0 saturated heterocycles. The van der Waals surface area contributed by atoms with Gasteiger partial charge in [0.15, 0.2) is 0 Å². The second-order valence-electron chi connectivity index (χ2n) is 4.62. The number of hydrogen-bond donors (Lipinski definition) is 3. The Morgan fingerprint density at radius 2 is 1.95 bits per heavy atom. The van der Waals surface area contributed by atoms with Crippen molar-refractivity contribution in [3.63, 3.8) is 0 Å². The molecule has 0 aliphatic heterocycles. The van der Waals surface area contributed by atoms with Crippen molar-refractivity contribution in [2.75, 3.05) is 12.4 Å². The standard InChI is InChI=1S/C13H13ClN2O4/c1-15-10(17)8-3-2-7(6-9(8)14)16-11(18)13(4-5-13)12(19)20/h2-3,6H,4-5H2,1H3,(H,15,17)(H,16,18)(H,19,20). The first-order chi connectivity index (χ1) is 9.40. The van der Waals surface area contributed by atoms with E-state index in [0.29, 0.717) is 18.5 Å². The fourth-order valence-electron chi connectivity index (χ4n) is 1.83. The topological polar surface area (TPSA) is 95.5 Å². The zero-order valence-electron chi connectivity index (χ0n) is 10.7. The molecule has 1 aromatic rings. The number of aliphatic carboxylic acids is 1. The molecule has 106 valence electrons. The molecule has 0 atom stereocenters. The molecule has 0 aromatic heterocycles. The Labute approximate surface area is 120 Å². The summed E-state index contributed by atoms with van der Waals surface area (Å²) in [6, 6.07) is 4.39. The zero-order chi connectivity index (χ0) is 14.9. The number of rotatable bonds is 4. The zero-order valence-corrected chi connectivity index (χ0v) is 11.5. The average molecular weight is 297 g/mol. The molecule has 2 rings (SSSR count). The summed E-state index contributed by atoms with van der Waals surface area (Å²) in [6.45, 7) is 0. The lowest BCUT2D eigenvalue weighted by molar-refractivity contribution is -0.147. The van der Waals surface area contributed by atoms with Gasteiger partial charge in [0.25, 0.3) is 5.91 Å². The molecular formula is C13H13ClN2O4. The number of amides is 2. The number of carbonyl (C=O) groups is 3. The van der Waals surface area contributed by atoms with Crippen LogP contribution < -0.4 is 10.6 Å². The van der Waals surface area contributed by atoms with Gasteiger partial charge < -0.3 is 15.7 Å². The van der Waals surface area contributed by atoms with Gasteiger partial charge in [-0.3, -0.25) is 14.4 Å². The SMILES string of the molecule is CNC(=O)c1ccc(NC(=O)C2(C(=O)O)CC2)cc1Cl. The maximum absolute atomic E-state index is 11.9. The maximum Gasteiger partial charge on any atom is 0.319 e. The first-order valence-electron chi connectivity index (χ1n) is 5.97. The first-order valence-corrected chi connectivity index (χ1v) is 6.35. The van der Waals surface area contributed by atoms with Crippen LogP contribution in [0.15, 0.2) is 18.2 Å². The number of carbonyl (C=O) groups excluding carboxylic acids is 2. The summed E-state index contributed by atoms with van der Waals surface area (Å²) >= 11 is 5.95. The molecule has 0 spiro atoms. The summed E-state index contributed by atoms with van der Waals surface area (Å²) in [4.78, 5) is 34.4. The van der Waals surface area contributed by atoms with Gasteiger partial charge in [-0.05, 0) is 31.0 Å². The van der Waals surface area contributed by atoms with Gasteiger partial charge >= 0.3 is 5.97 Å². The highest BCUT2D eigenvalue weighted by atomic mass is 35.5. The van der Waals surface area contributed by atoms with Crippen LogP contribution in [0.3, 0.4) is 0 Å². The summed E-state index contributed by atoms with van der Waals surface area (Å²) < 4.78 is 0. The van der Waals surface area contributed by atoms with Crippen LogP contribution in [0.2, 0.25) is 5.02 Å². The van der Waals surface area contributed by atoms with E-state index in [-0.39, 0.29) is 16.5 Å². The summed E-state index contributed by atoms with van der Waals surface area (Å²) in [6.07, 6.45) is 0.663. The van der Waals surface area contributed by atoms with Crippen molar-refractivity contribution in [3.8, 4) is 0 Å². The molecule has 1 aliphatic carbocycles. The smallest absolute Gasteiger partial charge is 0.319 e. The molecule has 1 saturated carbocycles. The third-order valence-electron chi connectivity index (χ3n) is 3.29. The van der Waals surface area contributed by atoms with E-state index in [2.05, 4.69) is 10.6 Å². The second-order valence-corrected chi connectivity index (χ2v) is 5.02. The molecule has 0 heterocycles. The van der Waals surface area contributed by atoms with Crippen LogP contribution in [0.4, 0.5) is 5.69 Å². The lowest BCUT2D eigenvalue weighted by atomic mass is 10.1. The van der Waals surface area contributed by atoms with Crippen LogP contribution in [-0.4, -0.2) is 29.9 Å². The molecule has 0 radical (unpaired) electrons. The Balaban J connectivity index is 2.15. The lowest BCUT2D eigenvalue weighted by Gasteiger charge is -2.12. The van der Waals surface area contributed by atoms with E-state index in [1.54, 1.807) is 0 Å². The van der Waals surface area contributed by atoms with E-state index in [0.717, 1.165) is 0 Å². The number of anilines is 1. The Morgan fingerprint density at radius 1 is 1.30 bits per heavy atom. The molecule has 2 amide bonds. The molecule has 1 fully saturated rings. The van der Waals surface area contributed by atoms with Crippen LogP contribution >= 0.6 is 11.6 Å². The Hall–Kier alpha value is -2.08. The van der Waals surface area contributed by atoms with Gasteiger partial charge in [0, 0.05) is 12.7 Å². The minimum atomic E-state index is -1.31. The Bertz CT molecular complexity index is 596. The number of carboxylic acid groups (broad SMARTS) is 1. The molecule has 7 heteroatoms. The summed E-state index contributed by atoms with van der Waals surface area (Å²) in [5.41, 5.74) is -0.668. The maximum atomic E-state index is 11.9. The minimum Gasteiger partial charge on any atom is -0.480 e. The van der Waals surface area contributed by atoms with Crippen LogP contribution in [0.25, 0.3) is 0 Å². The van der Waals surface area contributed by atoms with Gasteiger partial charge in [-0.1, -0.05) is 11.6 Å². The third kappa shape index (κ3) is 2.46. The molecule has 1 aromatic carbocycles. The summed E-state index contributed by atoms with van der Waals surface area (Å²) in [7, 11) is 1.48. The number of benzene rings is 1. The number of nitrogens with one attached hydrogen (secondary N) is 2. The molecule has 0 bridgehead atoms. The molecule has 20 heavy (non-hydrogen) atoms. The van der Waals surface area contributed by atoms with Crippen LogP contribution in [0.1, 0.15) is 23.2 Å². The third-order valence-corrected chi connectivity index (χ3v) is 3.61. The van der Waals surface area contributed by atoms with E-state index < -0.39 is 17.3 Å². The van der Waals surface area contributed by atoms with Crippen LogP contribution in [0, 0.1) is 5.41 Å². The molecular weight excluding hydrogens is 284 g/mol. The Morgan fingerprint density at radius 3 is 2.40 bits per heavy atom. The fraction of sp³-hybridized carbons (Fsp3) is 0.308. The monoisotopic (exact) mass is 296 g/mol. The van der Waals surface area contributed by atoms with E-state index in [9.17, 15) is 14.4 Å². The Kier molecular flexibility index (Phi) is 3.67. The highest BCUT2D eigenvalue weighted by molar-refractivity contribution is 6.34. The number of halogens is 1. The van der Waals surface area contributed by atoms with Crippen molar-refractivity contribution in [2.45, 2.75) is 12.8 Å². The molecule has 3 N–H and O–H groups in total. The average Bonchev–Trinajstić information content (AvgIpc) is 3.19. The van der Waals surface area contributed by atoms with Gasteiger partial charge in [0.05, 0.1) is 10.6 Å². The van der Waals surface area contributed by atoms with Crippen LogP contribution in [0.5, 0.6) is 0 Å². The largest absolute Gasteiger partial charge is 0.480 e. The first kappa shape index (κ1) is 14.3. The highest BCUT2D eigenvalue weighted by Crippen LogP contribution is 2.46. The van der Waals surface area contributed by atoms with Crippen molar-refractivity contribution in [1.82, 2.24) is 5.32 Å². The van der Waals surface area contributed by atoms with Crippen molar-refractivity contribution < 1.29 is 19.5 Å².